The number of rotatable bonds is 5. The molecule has 30 heavy (non-hydrogen) atoms. The van der Waals surface area contributed by atoms with Crippen LogP contribution in [-0.2, 0) is 6.61 Å². The molecule has 0 aromatic carbocycles. The van der Waals surface area contributed by atoms with Crippen LogP contribution in [0.3, 0.4) is 0 Å². The second-order valence-corrected chi connectivity index (χ2v) is 7.93. The molecule has 0 bridgehead atoms. The summed E-state index contributed by atoms with van der Waals surface area (Å²) in [6, 6.07) is 1.45. The van der Waals surface area contributed by atoms with E-state index >= 15 is 0 Å². The van der Waals surface area contributed by atoms with Crippen molar-refractivity contribution >= 4 is 23.9 Å². The number of hydrogen-bond acceptors (Lipinski definition) is 3. The van der Waals surface area contributed by atoms with Gasteiger partial charge < -0.3 is 10.4 Å². The minimum atomic E-state index is -1.41. The summed E-state index contributed by atoms with van der Waals surface area (Å²) in [5.74, 6) is -0.203. The number of aromatic nitrogens is 2. The number of guanidine groups is 1. The molecule has 1 aliphatic carbocycles. The number of aliphatic hydroxyl groups excluding tert-OH is 1. The zero-order valence-corrected chi connectivity index (χ0v) is 17.5. The Morgan fingerprint density at radius 3 is 2.87 bits per heavy atom. The van der Waals surface area contributed by atoms with Gasteiger partial charge in [-0.05, 0) is 64.0 Å². The van der Waals surface area contributed by atoms with E-state index in [2.05, 4.69) is 33.1 Å². The van der Waals surface area contributed by atoms with Crippen molar-refractivity contribution in [1.29, 1.82) is 0 Å². The fourth-order valence-electron chi connectivity index (χ4n) is 3.39. The number of imidazole rings is 1. The Hall–Kier alpha value is -2.87. The van der Waals surface area contributed by atoms with Gasteiger partial charge in [0, 0.05) is 17.5 Å². The Morgan fingerprint density at radius 1 is 1.43 bits per heavy atom. The smallest absolute Gasteiger partial charge is 0.222 e. The van der Waals surface area contributed by atoms with Gasteiger partial charge in [0.2, 0.25) is 5.96 Å². The second-order valence-electron chi connectivity index (χ2n) is 7.93. The lowest BCUT2D eigenvalue weighted by atomic mass is 9.98. The van der Waals surface area contributed by atoms with Gasteiger partial charge in [-0.25, -0.2) is 23.7 Å². The van der Waals surface area contributed by atoms with E-state index in [1.807, 2.05) is 6.92 Å². The molecule has 0 fully saturated rings. The van der Waals surface area contributed by atoms with Gasteiger partial charge in [0.15, 0.2) is 11.5 Å². The number of nitrogens with zero attached hydrogens (tertiary/aromatic N) is 4. The first-order valence-electron chi connectivity index (χ1n) is 9.88. The van der Waals surface area contributed by atoms with E-state index in [0.29, 0.717) is 17.7 Å². The lowest BCUT2D eigenvalue weighted by Crippen LogP contribution is -2.34. The van der Waals surface area contributed by atoms with Crippen molar-refractivity contribution in [2.45, 2.75) is 52.3 Å². The molecule has 8 heteroatoms. The molecule has 6 nitrogen and oxygen atoms in total. The Kier molecular flexibility index (Phi) is 6.45. The highest BCUT2D eigenvalue weighted by molar-refractivity contribution is 5.86. The molecule has 2 N–H and O–H groups in total. The SMILES string of the molecule is C=N/C(=N\C1=C(C)C(c2cc(F)c3ncc(CO)n3c2)=CCCC1)NCC(C)(C)F. The third-order valence-electron chi connectivity index (χ3n) is 4.97. The molecule has 160 valence electrons. The summed E-state index contributed by atoms with van der Waals surface area (Å²) < 4.78 is 30.0. The molecule has 2 heterocycles. The first kappa shape index (κ1) is 21.8. The van der Waals surface area contributed by atoms with Gasteiger partial charge >= 0.3 is 0 Å². The third kappa shape index (κ3) is 4.81. The fourth-order valence-corrected chi connectivity index (χ4v) is 3.39. The lowest BCUT2D eigenvalue weighted by molar-refractivity contribution is 0.220. The van der Waals surface area contributed by atoms with Crippen LogP contribution in [0.4, 0.5) is 8.78 Å². The maximum Gasteiger partial charge on any atom is 0.222 e. The van der Waals surface area contributed by atoms with Crippen molar-refractivity contribution in [3.8, 4) is 0 Å². The lowest BCUT2D eigenvalue weighted by Gasteiger charge is -2.16. The molecule has 0 spiro atoms. The molecule has 1 aliphatic rings. The van der Waals surface area contributed by atoms with Gasteiger partial charge in [-0.2, -0.15) is 0 Å². The standard InChI is InChI=1S/C22H27F2N5O/c1-14-17(15-9-18(23)20-26-10-16(12-30)29(20)11-15)7-5-6-8-19(14)28-21(25-4)27-13-22(2,3)24/h7,9-11,30H,4-6,8,12-13H2,1-3H3,(H,27,28). The minimum Gasteiger partial charge on any atom is -0.390 e. The van der Waals surface area contributed by atoms with E-state index in [-0.39, 0.29) is 24.8 Å². The van der Waals surface area contributed by atoms with E-state index in [0.717, 1.165) is 29.7 Å². The van der Waals surface area contributed by atoms with Gasteiger partial charge in [0.05, 0.1) is 25.0 Å². The highest BCUT2D eigenvalue weighted by Crippen LogP contribution is 2.33. The number of aliphatic imine (C=N–C) groups is 2. The number of hydrogen-bond donors (Lipinski definition) is 2. The van der Waals surface area contributed by atoms with E-state index in [9.17, 15) is 13.9 Å². The van der Waals surface area contributed by atoms with Crippen molar-refractivity contribution in [2.24, 2.45) is 9.98 Å². The van der Waals surface area contributed by atoms with Crippen molar-refractivity contribution in [3.63, 3.8) is 0 Å². The molecule has 0 saturated carbocycles. The van der Waals surface area contributed by atoms with Crippen molar-refractivity contribution in [3.05, 3.63) is 52.9 Å². The molecule has 0 aliphatic heterocycles. The Morgan fingerprint density at radius 2 is 2.20 bits per heavy atom. The van der Waals surface area contributed by atoms with Crippen molar-refractivity contribution in [2.75, 3.05) is 6.54 Å². The van der Waals surface area contributed by atoms with Gasteiger partial charge in [-0.1, -0.05) is 6.08 Å². The number of aliphatic hydroxyl groups is 1. The fraction of sp³-hybridized carbons (Fsp3) is 0.409. The van der Waals surface area contributed by atoms with E-state index in [1.165, 1.54) is 26.1 Å². The maximum absolute atomic E-state index is 14.6. The molecular weight excluding hydrogens is 388 g/mol. The third-order valence-corrected chi connectivity index (χ3v) is 4.97. The Bertz CT molecular complexity index is 1040. The van der Waals surface area contributed by atoms with Gasteiger partial charge in [-0.3, -0.25) is 4.40 Å². The summed E-state index contributed by atoms with van der Waals surface area (Å²) >= 11 is 0. The second kappa shape index (κ2) is 8.87. The molecule has 2 aromatic heterocycles. The zero-order valence-electron chi connectivity index (χ0n) is 17.5. The van der Waals surface area contributed by atoms with Gasteiger partial charge in [-0.15, -0.1) is 0 Å². The summed E-state index contributed by atoms with van der Waals surface area (Å²) in [6.07, 6.45) is 7.69. The molecule has 0 unspecified atom stereocenters. The average Bonchev–Trinajstić information content (AvgIpc) is 3.03. The molecule has 0 amide bonds. The van der Waals surface area contributed by atoms with Crippen LogP contribution in [0, 0.1) is 5.82 Å². The quantitative estimate of drug-likeness (QED) is 0.568. The predicted molar refractivity (Wildman–Crippen MR) is 116 cm³/mol. The maximum atomic E-state index is 14.6. The average molecular weight is 415 g/mol. The Labute approximate surface area is 174 Å². The van der Waals surface area contributed by atoms with Crippen LogP contribution in [0.5, 0.6) is 0 Å². The highest BCUT2D eigenvalue weighted by atomic mass is 19.1. The van der Waals surface area contributed by atoms with Crippen molar-refractivity contribution < 1.29 is 13.9 Å². The number of nitrogens with one attached hydrogen (secondary N) is 1. The van der Waals surface area contributed by atoms with Gasteiger partial charge in [0.1, 0.15) is 5.67 Å². The van der Waals surface area contributed by atoms with E-state index < -0.39 is 11.5 Å². The molecular formula is C22H27F2N5O. The van der Waals surface area contributed by atoms with Gasteiger partial charge in [0.25, 0.3) is 0 Å². The van der Waals surface area contributed by atoms with E-state index in [4.69, 9.17) is 0 Å². The molecule has 2 aromatic rings. The van der Waals surface area contributed by atoms with Crippen LogP contribution in [0.2, 0.25) is 0 Å². The van der Waals surface area contributed by atoms with Crippen LogP contribution < -0.4 is 5.32 Å². The largest absolute Gasteiger partial charge is 0.390 e. The highest BCUT2D eigenvalue weighted by Gasteiger charge is 2.18. The van der Waals surface area contributed by atoms with Crippen LogP contribution in [0.15, 0.2) is 45.8 Å². The molecule has 0 saturated heterocycles. The summed E-state index contributed by atoms with van der Waals surface area (Å²) in [7, 11) is 0. The minimum absolute atomic E-state index is 0.0618. The summed E-state index contributed by atoms with van der Waals surface area (Å²) in [5.41, 5.74) is 2.48. The number of halogens is 2. The predicted octanol–water partition coefficient (Wildman–Crippen LogP) is 4.20. The summed E-state index contributed by atoms with van der Waals surface area (Å²) in [5, 5.41) is 12.4. The van der Waals surface area contributed by atoms with Crippen LogP contribution in [0.25, 0.3) is 11.2 Å². The number of fused-ring (bicyclic) bond motifs is 1. The van der Waals surface area contributed by atoms with E-state index in [1.54, 1.807) is 10.6 Å². The molecule has 3 rings (SSSR count). The first-order valence-corrected chi connectivity index (χ1v) is 9.88. The van der Waals surface area contributed by atoms with Crippen molar-refractivity contribution in [1.82, 2.24) is 14.7 Å². The Balaban J connectivity index is 2.02. The number of alkyl halides is 1. The molecule has 0 atom stereocenters. The number of allylic oxidation sites excluding steroid dienone is 4. The molecule has 0 radical (unpaired) electrons. The van der Waals surface area contributed by atoms with Crippen LogP contribution in [0.1, 0.15) is 51.3 Å². The normalized spacial score (nSPS) is 15.9. The summed E-state index contributed by atoms with van der Waals surface area (Å²) in [4.78, 5) is 12.5. The first-order chi connectivity index (χ1) is 14.2. The van der Waals surface area contributed by atoms with Crippen LogP contribution in [-0.4, -0.2) is 39.4 Å². The summed E-state index contributed by atoms with van der Waals surface area (Å²) in [6.45, 7) is 8.22. The number of pyridine rings is 1. The monoisotopic (exact) mass is 415 g/mol. The van der Waals surface area contributed by atoms with Crippen LogP contribution >= 0.6 is 0 Å². The topological polar surface area (TPSA) is 74.3 Å². The zero-order chi connectivity index (χ0) is 21.9.